The third-order valence-electron chi connectivity index (χ3n) is 6.81. The van der Waals surface area contributed by atoms with Crippen LogP contribution in [-0.2, 0) is 10.0 Å². The summed E-state index contributed by atoms with van der Waals surface area (Å²) in [4.78, 5) is 18.6. The number of aliphatic hydroxyl groups excluding tert-OH is 1. The van der Waals surface area contributed by atoms with Crippen LogP contribution in [0, 0.1) is 5.92 Å². The van der Waals surface area contributed by atoms with Crippen molar-refractivity contribution in [3.63, 3.8) is 0 Å². The molecular formula is C28H33N3O6S. The van der Waals surface area contributed by atoms with Crippen molar-refractivity contribution in [2.75, 3.05) is 33.9 Å². The Hall–Kier alpha value is -3.47. The lowest BCUT2D eigenvalue weighted by molar-refractivity contribution is 0.0563. The van der Waals surface area contributed by atoms with E-state index < -0.39 is 22.2 Å². The third kappa shape index (κ3) is 5.52. The molecule has 0 spiro atoms. The van der Waals surface area contributed by atoms with Gasteiger partial charge in [0, 0.05) is 49.1 Å². The molecule has 0 bridgehead atoms. The van der Waals surface area contributed by atoms with Crippen LogP contribution in [0.2, 0.25) is 0 Å². The van der Waals surface area contributed by atoms with Crippen molar-refractivity contribution in [2.24, 2.45) is 5.92 Å². The lowest BCUT2D eigenvalue weighted by Crippen LogP contribution is -2.50. The predicted molar refractivity (Wildman–Crippen MR) is 144 cm³/mol. The summed E-state index contributed by atoms with van der Waals surface area (Å²) in [6.45, 7) is 3.58. The van der Waals surface area contributed by atoms with Gasteiger partial charge in [0.25, 0.3) is 5.91 Å². The van der Waals surface area contributed by atoms with Crippen LogP contribution in [0.25, 0.3) is 11.1 Å². The number of hydrogen-bond acceptors (Lipinski definition) is 7. The Morgan fingerprint density at radius 3 is 2.61 bits per heavy atom. The molecule has 2 heterocycles. The van der Waals surface area contributed by atoms with Crippen LogP contribution in [-0.4, -0.2) is 79.6 Å². The van der Waals surface area contributed by atoms with Crippen molar-refractivity contribution in [1.29, 1.82) is 0 Å². The van der Waals surface area contributed by atoms with E-state index in [1.165, 1.54) is 10.4 Å². The fraction of sp³-hybridized carbons (Fsp3) is 0.357. The summed E-state index contributed by atoms with van der Waals surface area (Å²) in [5.41, 5.74) is 2.01. The van der Waals surface area contributed by atoms with Gasteiger partial charge in [-0.1, -0.05) is 31.2 Å². The molecule has 0 saturated heterocycles. The van der Waals surface area contributed by atoms with Gasteiger partial charge >= 0.3 is 0 Å². The third-order valence-corrected chi connectivity index (χ3v) is 8.83. The number of likely N-dealkylation sites (N-methyl/N-ethyl adjacent to an activating group) is 1. The standard InChI is InChI=1S/C28H33N3O6S/c1-19-16-31(20(2)18-32)38(34,35)27-10-9-22(23-7-5-6-8-24(23)36-4)15-25(27)37-26(19)17-30(3)28(33)21-11-13-29-14-12-21/h5-15,19-20,26,32H,16-18H2,1-4H3/t19-,20-,26+/m0/s1. The maximum atomic E-state index is 13.8. The quantitative estimate of drug-likeness (QED) is 0.491. The average Bonchev–Trinajstić information content (AvgIpc) is 2.94. The maximum Gasteiger partial charge on any atom is 0.253 e. The second-order valence-electron chi connectivity index (χ2n) is 9.52. The van der Waals surface area contributed by atoms with Gasteiger partial charge in [-0.25, -0.2) is 8.42 Å². The molecule has 1 aliphatic heterocycles. The summed E-state index contributed by atoms with van der Waals surface area (Å²) in [6.07, 6.45) is 2.59. The van der Waals surface area contributed by atoms with E-state index >= 15 is 0 Å². The number of nitrogens with zero attached hydrogens (tertiary/aromatic N) is 3. The normalized spacial score (nSPS) is 19.8. The minimum Gasteiger partial charge on any atom is -0.496 e. The fourth-order valence-electron chi connectivity index (χ4n) is 4.56. The van der Waals surface area contributed by atoms with Crippen LogP contribution in [0.15, 0.2) is 71.9 Å². The largest absolute Gasteiger partial charge is 0.496 e. The van der Waals surface area contributed by atoms with Gasteiger partial charge in [-0.3, -0.25) is 9.78 Å². The number of fused-ring (bicyclic) bond motifs is 1. The second kappa shape index (κ2) is 11.5. The van der Waals surface area contributed by atoms with Crippen molar-refractivity contribution in [3.8, 4) is 22.6 Å². The molecule has 1 aromatic heterocycles. The zero-order valence-corrected chi connectivity index (χ0v) is 22.8. The molecule has 4 rings (SSSR count). The minimum atomic E-state index is -3.98. The monoisotopic (exact) mass is 539 g/mol. The number of carbonyl (C=O) groups excluding carboxylic acids is 1. The summed E-state index contributed by atoms with van der Waals surface area (Å²) < 4.78 is 40.8. The Balaban J connectivity index is 1.77. The Morgan fingerprint density at radius 2 is 1.92 bits per heavy atom. The van der Waals surface area contributed by atoms with Gasteiger partial charge < -0.3 is 19.5 Å². The Labute approximate surface area is 223 Å². The summed E-state index contributed by atoms with van der Waals surface area (Å²) in [5, 5.41) is 9.87. The molecule has 0 fully saturated rings. The van der Waals surface area contributed by atoms with Crippen LogP contribution in [0.3, 0.4) is 0 Å². The average molecular weight is 540 g/mol. The fourth-order valence-corrected chi connectivity index (χ4v) is 6.39. The van der Waals surface area contributed by atoms with Gasteiger partial charge in [0.1, 0.15) is 22.5 Å². The molecule has 0 radical (unpaired) electrons. The van der Waals surface area contributed by atoms with Gasteiger partial charge in [-0.2, -0.15) is 4.31 Å². The minimum absolute atomic E-state index is 0.0106. The molecule has 0 saturated carbocycles. The molecule has 202 valence electrons. The van der Waals surface area contributed by atoms with Crippen LogP contribution >= 0.6 is 0 Å². The summed E-state index contributed by atoms with van der Waals surface area (Å²) >= 11 is 0. The van der Waals surface area contributed by atoms with E-state index in [0.29, 0.717) is 11.3 Å². The van der Waals surface area contributed by atoms with Crippen molar-refractivity contribution >= 4 is 15.9 Å². The SMILES string of the molecule is COc1ccccc1-c1ccc2c(c1)O[C@H](CN(C)C(=O)c1ccncc1)[C@@H](C)CN([C@@H](C)CO)S2(=O)=O. The van der Waals surface area contributed by atoms with Crippen LogP contribution in [0.5, 0.6) is 11.5 Å². The molecule has 0 unspecified atom stereocenters. The molecule has 3 atom stereocenters. The number of carbonyl (C=O) groups is 1. The van der Waals surface area contributed by atoms with E-state index in [4.69, 9.17) is 9.47 Å². The van der Waals surface area contributed by atoms with Gasteiger partial charge in [-0.15, -0.1) is 0 Å². The number of ether oxygens (including phenoxy) is 2. The lowest BCUT2D eigenvalue weighted by Gasteiger charge is -2.37. The van der Waals surface area contributed by atoms with Crippen molar-refractivity contribution in [1.82, 2.24) is 14.2 Å². The number of aliphatic hydroxyl groups is 1. The van der Waals surface area contributed by atoms with Gasteiger partial charge in [0.2, 0.25) is 10.0 Å². The molecule has 1 N–H and O–H groups in total. The van der Waals surface area contributed by atoms with Gasteiger partial charge in [0.15, 0.2) is 0 Å². The zero-order valence-electron chi connectivity index (χ0n) is 21.9. The molecule has 38 heavy (non-hydrogen) atoms. The summed E-state index contributed by atoms with van der Waals surface area (Å²) in [6, 6.07) is 15.1. The number of sulfonamides is 1. The first-order valence-corrected chi connectivity index (χ1v) is 13.8. The number of para-hydroxylation sites is 1. The van der Waals surface area contributed by atoms with Crippen molar-refractivity contribution in [2.45, 2.75) is 30.9 Å². The number of benzene rings is 2. The Morgan fingerprint density at radius 1 is 1.21 bits per heavy atom. The highest BCUT2D eigenvalue weighted by Gasteiger charge is 2.38. The number of pyridine rings is 1. The Kier molecular flexibility index (Phi) is 8.35. The predicted octanol–water partition coefficient (Wildman–Crippen LogP) is 3.30. The molecule has 1 amide bonds. The van der Waals surface area contributed by atoms with E-state index in [2.05, 4.69) is 4.98 Å². The molecule has 10 heteroatoms. The number of aromatic nitrogens is 1. The maximum absolute atomic E-state index is 13.8. The topological polar surface area (TPSA) is 109 Å². The van der Waals surface area contributed by atoms with E-state index in [9.17, 15) is 18.3 Å². The number of hydrogen-bond donors (Lipinski definition) is 1. The van der Waals surface area contributed by atoms with Crippen LogP contribution < -0.4 is 9.47 Å². The van der Waals surface area contributed by atoms with Gasteiger partial charge in [0.05, 0.1) is 20.3 Å². The highest BCUT2D eigenvalue weighted by atomic mass is 32.2. The van der Waals surface area contributed by atoms with E-state index in [0.717, 1.165) is 11.1 Å². The second-order valence-corrected chi connectivity index (χ2v) is 11.4. The molecule has 2 aromatic carbocycles. The van der Waals surface area contributed by atoms with Gasteiger partial charge in [-0.05, 0) is 42.8 Å². The van der Waals surface area contributed by atoms with Crippen molar-refractivity contribution < 1.29 is 27.8 Å². The molecule has 3 aromatic rings. The molecule has 9 nitrogen and oxygen atoms in total. The molecule has 1 aliphatic rings. The number of amides is 1. The summed E-state index contributed by atoms with van der Waals surface area (Å²) in [5.74, 6) is 0.338. The lowest BCUT2D eigenvalue weighted by atomic mass is 10.0. The smallest absolute Gasteiger partial charge is 0.253 e. The first kappa shape index (κ1) is 27.6. The highest BCUT2D eigenvalue weighted by molar-refractivity contribution is 7.89. The molecular weight excluding hydrogens is 506 g/mol. The first-order chi connectivity index (χ1) is 18.2. The molecule has 0 aliphatic carbocycles. The zero-order chi connectivity index (χ0) is 27.4. The van der Waals surface area contributed by atoms with Crippen molar-refractivity contribution in [3.05, 3.63) is 72.6 Å². The number of methoxy groups -OCH3 is 1. The van der Waals surface area contributed by atoms with E-state index in [1.54, 1.807) is 62.6 Å². The van der Waals surface area contributed by atoms with Crippen LogP contribution in [0.1, 0.15) is 24.2 Å². The number of rotatable bonds is 7. The Bertz CT molecular complexity index is 1380. The highest BCUT2D eigenvalue weighted by Crippen LogP contribution is 2.38. The first-order valence-electron chi connectivity index (χ1n) is 12.4. The van der Waals surface area contributed by atoms with E-state index in [1.807, 2.05) is 31.2 Å². The van der Waals surface area contributed by atoms with Crippen LogP contribution in [0.4, 0.5) is 0 Å². The van der Waals surface area contributed by atoms with E-state index in [-0.39, 0.29) is 42.2 Å². The summed E-state index contributed by atoms with van der Waals surface area (Å²) in [7, 11) is -0.716.